The van der Waals surface area contributed by atoms with E-state index in [2.05, 4.69) is 81.6 Å². The van der Waals surface area contributed by atoms with E-state index < -0.39 is 5.79 Å². The highest BCUT2D eigenvalue weighted by molar-refractivity contribution is 8.17. The second-order valence-electron chi connectivity index (χ2n) is 7.22. The molecule has 0 spiro atoms. The van der Waals surface area contributed by atoms with Crippen molar-refractivity contribution in [2.24, 2.45) is 11.8 Å². The van der Waals surface area contributed by atoms with Crippen molar-refractivity contribution >= 4 is 23.5 Å². The van der Waals surface area contributed by atoms with Crippen LogP contribution in [0.5, 0.6) is 0 Å². The highest BCUT2D eigenvalue weighted by Crippen LogP contribution is 2.50. The fourth-order valence-corrected chi connectivity index (χ4v) is 6.80. The summed E-state index contributed by atoms with van der Waals surface area (Å²) < 4.78 is 13.4. The van der Waals surface area contributed by atoms with Crippen LogP contribution in [0.2, 0.25) is 0 Å². The lowest BCUT2D eigenvalue weighted by atomic mass is 9.85. The van der Waals surface area contributed by atoms with Crippen LogP contribution in [0.15, 0.2) is 30.3 Å². The molecule has 0 radical (unpaired) electrons. The van der Waals surface area contributed by atoms with Crippen molar-refractivity contribution in [2.45, 2.75) is 56.7 Å². The van der Waals surface area contributed by atoms with Crippen LogP contribution >= 0.6 is 23.5 Å². The van der Waals surface area contributed by atoms with Crippen LogP contribution in [-0.2, 0) is 9.47 Å². The Kier molecular flexibility index (Phi) is 5.67. The van der Waals surface area contributed by atoms with Gasteiger partial charge in [-0.25, -0.2) is 0 Å². The van der Waals surface area contributed by atoms with E-state index in [1.54, 1.807) is 0 Å². The normalized spacial score (nSPS) is 32.1. The Morgan fingerprint density at radius 3 is 2.30 bits per heavy atom. The van der Waals surface area contributed by atoms with E-state index in [0.29, 0.717) is 16.4 Å². The van der Waals surface area contributed by atoms with Crippen LogP contribution in [0.4, 0.5) is 0 Å². The topological polar surface area (TPSA) is 18.5 Å². The van der Waals surface area contributed by atoms with E-state index in [-0.39, 0.29) is 12.2 Å². The average molecular weight is 353 g/mol. The molecule has 23 heavy (non-hydrogen) atoms. The molecule has 2 fully saturated rings. The molecule has 0 amide bonds. The molecule has 3 atom stereocenters. The van der Waals surface area contributed by atoms with Gasteiger partial charge in [-0.05, 0) is 43.3 Å². The van der Waals surface area contributed by atoms with Crippen LogP contribution in [0.25, 0.3) is 0 Å². The van der Waals surface area contributed by atoms with Gasteiger partial charge in [0.2, 0.25) is 0 Å². The highest BCUT2D eigenvalue weighted by atomic mass is 32.2. The van der Waals surface area contributed by atoms with Gasteiger partial charge in [-0.2, -0.15) is 0 Å². The molecule has 0 bridgehead atoms. The molecule has 128 valence electrons. The minimum atomic E-state index is -0.532. The van der Waals surface area contributed by atoms with Crippen molar-refractivity contribution in [3.8, 4) is 0 Å². The van der Waals surface area contributed by atoms with E-state index >= 15 is 0 Å². The van der Waals surface area contributed by atoms with Crippen LogP contribution < -0.4 is 0 Å². The summed E-state index contributed by atoms with van der Waals surface area (Å²) in [7, 11) is 0. The van der Waals surface area contributed by atoms with Gasteiger partial charge in [-0.1, -0.05) is 44.2 Å². The van der Waals surface area contributed by atoms with E-state index in [0.717, 1.165) is 0 Å². The summed E-state index contributed by atoms with van der Waals surface area (Å²) in [5.41, 5.74) is 1.28. The first-order valence-electron chi connectivity index (χ1n) is 8.62. The molecule has 2 heterocycles. The molecule has 3 rings (SSSR count). The zero-order chi connectivity index (χ0) is 16.4. The molecule has 0 aliphatic carbocycles. The lowest BCUT2D eigenvalue weighted by Gasteiger charge is -2.50. The highest BCUT2D eigenvalue weighted by Gasteiger charge is 2.48. The van der Waals surface area contributed by atoms with Gasteiger partial charge in [-0.15, -0.1) is 23.5 Å². The van der Waals surface area contributed by atoms with Crippen LogP contribution in [0.1, 0.15) is 45.8 Å². The molecule has 1 aromatic carbocycles. The van der Waals surface area contributed by atoms with Gasteiger partial charge in [0.1, 0.15) is 0 Å². The second kappa shape index (κ2) is 7.38. The third-order valence-corrected chi connectivity index (χ3v) is 7.66. The number of rotatable bonds is 3. The van der Waals surface area contributed by atoms with E-state index in [9.17, 15) is 0 Å². The summed E-state index contributed by atoms with van der Waals surface area (Å²) in [6.45, 7) is 8.66. The first-order chi connectivity index (χ1) is 11.0. The molecule has 4 heteroatoms. The summed E-state index contributed by atoms with van der Waals surface area (Å²) in [5.74, 6) is 2.85. The van der Waals surface area contributed by atoms with E-state index in [1.165, 1.54) is 23.5 Å². The fraction of sp³-hybridized carbons (Fsp3) is 0.684. The van der Waals surface area contributed by atoms with Crippen molar-refractivity contribution < 1.29 is 9.47 Å². The smallest absolute Gasteiger partial charge is 0.163 e. The third-order valence-electron chi connectivity index (χ3n) is 4.51. The Morgan fingerprint density at radius 2 is 1.70 bits per heavy atom. The zero-order valence-electron chi connectivity index (χ0n) is 14.5. The summed E-state index contributed by atoms with van der Waals surface area (Å²) >= 11 is 4.18. The van der Waals surface area contributed by atoms with E-state index in [4.69, 9.17) is 9.47 Å². The van der Waals surface area contributed by atoms with Gasteiger partial charge in [0.15, 0.2) is 5.79 Å². The first kappa shape index (κ1) is 17.7. The van der Waals surface area contributed by atoms with Gasteiger partial charge in [0.25, 0.3) is 0 Å². The van der Waals surface area contributed by atoms with Crippen LogP contribution in [0, 0.1) is 11.8 Å². The number of hydrogen-bond donors (Lipinski definition) is 0. The largest absolute Gasteiger partial charge is 0.347 e. The third kappa shape index (κ3) is 4.09. The number of benzene rings is 1. The quantitative estimate of drug-likeness (QED) is 0.730. The second-order valence-corrected chi connectivity index (χ2v) is 10.0. The van der Waals surface area contributed by atoms with Crippen molar-refractivity contribution in [3.05, 3.63) is 35.9 Å². The molecule has 0 N–H and O–H groups in total. The Balaban J connectivity index is 1.96. The molecule has 0 aromatic heterocycles. The average Bonchev–Trinajstić information content (AvgIpc) is 2.55. The molecule has 0 saturated carbocycles. The van der Waals surface area contributed by atoms with Gasteiger partial charge < -0.3 is 9.47 Å². The Hall–Kier alpha value is -0.160. The van der Waals surface area contributed by atoms with Crippen LogP contribution in [0.3, 0.4) is 0 Å². The molecule has 0 unspecified atom stereocenters. The molecule has 2 nitrogen and oxygen atoms in total. The standard InChI is InChI=1S/C19H28O2S2/c1-13(2)16-15(18-22-11-8-12-23-18)17(21-19(3,4)20-16)14-9-6-5-7-10-14/h5-7,9-10,13,15-18H,8,11-12H2,1-4H3/t15-,16-,17+/m0/s1. The molecule has 2 aliphatic heterocycles. The predicted octanol–water partition coefficient (Wildman–Crippen LogP) is 5.35. The van der Waals surface area contributed by atoms with Crippen molar-refractivity contribution in [3.63, 3.8) is 0 Å². The van der Waals surface area contributed by atoms with Gasteiger partial charge >= 0.3 is 0 Å². The lowest BCUT2D eigenvalue weighted by molar-refractivity contribution is -0.329. The van der Waals surface area contributed by atoms with Crippen LogP contribution in [-0.4, -0.2) is 28.0 Å². The van der Waals surface area contributed by atoms with Gasteiger partial charge in [0, 0.05) is 5.92 Å². The molecule has 2 saturated heterocycles. The summed E-state index contributed by atoms with van der Waals surface area (Å²) in [6, 6.07) is 10.7. The van der Waals surface area contributed by atoms with Crippen molar-refractivity contribution in [2.75, 3.05) is 11.5 Å². The maximum Gasteiger partial charge on any atom is 0.163 e. The minimum Gasteiger partial charge on any atom is -0.347 e. The molecule has 1 aromatic rings. The van der Waals surface area contributed by atoms with Crippen molar-refractivity contribution in [1.29, 1.82) is 0 Å². The van der Waals surface area contributed by atoms with Gasteiger partial charge in [0.05, 0.1) is 16.8 Å². The van der Waals surface area contributed by atoms with E-state index in [1.807, 2.05) is 0 Å². The first-order valence-corrected chi connectivity index (χ1v) is 10.7. The lowest BCUT2D eigenvalue weighted by Crippen LogP contribution is -2.52. The SMILES string of the molecule is CC(C)[C@@H]1OC(C)(C)O[C@H](c2ccccc2)[C@H]1C1SCCCS1. The number of ether oxygens (including phenoxy) is 2. The predicted molar refractivity (Wildman–Crippen MR) is 101 cm³/mol. The summed E-state index contributed by atoms with van der Waals surface area (Å²) in [4.78, 5) is 0. The number of thioether (sulfide) groups is 2. The summed E-state index contributed by atoms with van der Waals surface area (Å²) in [5, 5.41) is 0. The minimum absolute atomic E-state index is 0.107. The zero-order valence-corrected chi connectivity index (χ0v) is 16.2. The van der Waals surface area contributed by atoms with Gasteiger partial charge in [-0.3, -0.25) is 0 Å². The van der Waals surface area contributed by atoms with Crippen molar-refractivity contribution in [1.82, 2.24) is 0 Å². The Morgan fingerprint density at radius 1 is 1.04 bits per heavy atom. The molecular formula is C19H28O2S2. The summed E-state index contributed by atoms with van der Waals surface area (Å²) in [6.07, 6.45) is 1.65. The Bertz CT molecular complexity index is 497. The maximum absolute atomic E-state index is 6.46. The fourth-order valence-electron chi connectivity index (χ4n) is 3.53. The maximum atomic E-state index is 6.46. The molecular weight excluding hydrogens is 324 g/mol. The Labute approximate surface area is 149 Å². The monoisotopic (exact) mass is 352 g/mol. The number of hydrogen-bond acceptors (Lipinski definition) is 4. The molecule has 2 aliphatic rings.